The summed E-state index contributed by atoms with van der Waals surface area (Å²) in [5, 5.41) is 9.85. The molecule has 5 unspecified atom stereocenters. The van der Waals surface area contributed by atoms with Gasteiger partial charge in [-0.25, -0.2) is 9.78 Å². The molecule has 2 aromatic heterocycles. The van der Waals surface area contributed by atoms with E-state index in [-0.39, 0.29) is 29.7 Å². The molecule has 2 fully saturated rings. The molecule has 13 nitrogen and oxygen atoms in total. The molecule has 2 aliphatic heterocycles. The third kappa shape index (κ3) is 7.01. The summed E-state index contributed by atoms with van der Waals surface area (Å²) in [4.78, 5) is 50.4. The second-order valence-electron chi connectivity index (χ2n) is 13.2. The van der Waals surface area contributed by atoms with Gasteiger partial charge in [0, 0.05) is 50.1 Å². The molecule has 0 aromatic carbocycles. The fraction of sp³-hybridized carbons (Fsp3) is 0.714. The lowest BCUT2D eigenvalue weighted by atomic mass is 10.1. The Kier molecular flexibility index (Phi) is 9.48. The van der Waals surface area contributed by atoms with Crippen LogP contribution in [0.4, 0.5) is 0 Å². The summed E-state index contributed by atoms with van der Waals surface area (Å²) in [6.45, 7) is 14.9. The number of H-pyrrole nitrogens is 2. The second-order valence-corrected chi connectivity index (χ2v) is 18.0. The van der Waals surface area contributed by atoms with Crippen molar-refractivity contribution in [2.45, 2.75) is 102 Å². The van der Waals surface area contributed by atoms with Crippen LogP contribution in [0.2, 0.25) is 18.1 Å². The highest BCUT2D eigenvalue weighted by Crippen LogP contribution is 2.42. The van der Waals surface area contributed by atoms with Crippen molar-refractivity contribution in [3.63, 3.8) is 0 Å². The van der Waals surface area contributed by atoms with Crippen LogP contribution in [-0.2, 0) is 25.1 Å². The van der Waals surface area contributed by atoms with E-state index < -0.39 is 55.7 Å². The van der Waals surface area contributed by atoms with Crippen molar-refractivity contribution in [2.75, 3.05) is 26.8 Å². The Balaban J connectivity index is 1.49. The maximum atomic E-state index is 13.3. The van der Waals surface area contributed by atoms with Crippen LogP contribution in [0.15, 0.2) is 28.3 Å². The summed E-state index contributed by atoms with van der Waals surface area (Å²) < 4.78 is 25.4. The molecular weight excluding hydrogens is 562 g/mol. The van der Waals surface area contributed by atoms with Crippen molar-refractivity contribution in [3.05, 3.63) is 50.8 Å². The molecule has 2 saturated heterocycles. The number of nitrogens with zero attached hydrogens (tertiary/aromatic N) is 3. The molecular formula is C28H45N5O8Si. The van der Waals surface area contributed by atoms with E-state index in [1.165, 1.54) is 6.20 Å². The first-order valence-corrected chi connectivity index (χ1v) is 17.3. The van der Waals surface area contributed by atoms with Gasteiger partial charge in [0.2, 0.25) is 0 Å². The van der Waals surface area contributed by atoms with E-state index in [0.29, 0.717) is 19.6 Å². The molecule has 0 aliphatic carbocycles. The van der Waals surface area contributed by atoms with Crippen LogP contribution in [0.5, 0.6) is 0 Å². The molecule has 2 aliphatic rings. The number of likely N-dealkylation sites (N-methyl/N-ethyl adjacent to an activating group) is 1. The molecule has 0 spiro atoms. The predicted octanol–water partition coefficient (Wildman–Crippen LogP) is 1.81. The van der Waals surface area contributed by atoms with Crippen molar-refractivity contribution < 1.29 is 28.5 Å². The average molecular weight is 608 g/mol. The molecule has 2 aromatic rings. The number of carbonyl (C=O) groups excluding carboxylic acids is 1. The number of nitrogens with one attached hydrogen (secondary N) is 2. The summed E-state index contributed by atoms with van der Waals surface area (Å²) in [5.41, 5.74) is -0.711. The van der Waals surface area contributed by atoms with Gasteiger partial charge in [-0.1, -0.05) is 20.8 Å². The molecule has 5 atom stereocenters. The number of aromatic nitrogens is 4. The van der Waals surface area contributed by atoms with Gasteiger partial charge in [0.25, 0.3) is 5.56 Å². The van der Waals surface area contributed by atoms with E-state index in [9.17, 15) is 19.5 Å². The molecule has 0 amide bonds. The van der Waals surface area contributed by atoms with Crippen molar-refractivity contribution in [3.8, 4) is 0 Å². The van der Waals surface area contributed by atoms with E-state index in [0.717, 1.165) is 10.3 Å². The highest BCUT2D eigenvalue weighted by atomic mass is 28.4. The third-order valence-corrected chi connectivity index (χ3v) is 13.1. The van der Waals surface area contributed by atoms with E-state index in [2.05, 4.69) is 53.7 Å². The van der Waals surface area contributed by atoms with Gasteiger partial charge in [-0.2, -0.15) is 0 Å². The van der Waals surface area contributed by atoms with Gasteiger partial charge >= 0.3 is 5.69 Å². The minimum atomic E-state index is -2.01. The number of aromatic amines is 2. The molecule has 0 saturated carbocycles. The Morgan fingerprint density at radius 1 is 1.26 bits per heavy atom. The molecule has 14 heteroatoms. The Morgan fingerprint density at radius 3 is 2.57 bits per heavy atom. The Hall–Kier alpha value is -2.46. The highest BCUT2D eigenvalue weighted by molar-refractivity contribution is 6.74. The number of hydrogen-bond acceptors (Lipinski definition) is 10. The van der Waals surface area contributed by atoms with Crippen LogP contribution in [0.25, 0.3) is 0 Å². The van der Waals surface area contributed by atoms with E-state index in [1.54, 1.807) is 26.4 Å². The average Bonchev–Trinajstić information content (AvgIpc) is 3.59. The van der Waals surface area contributed by atoms with Crippen molar-refractivity contribution in [2.24, 2.45) is 0 Å². The summed E-state index contributed by atoms with van der Waals surface area (Å²) >= 11 is 0. The second kappa shape index (κ2) is 12.3. The van der Waals surface area contributed by atoms with Crippen LogP contribution < -0.4 is 11.2 Å². The topological polar surface area (TPSA) is 161 Å². The first-order valence-electron chi connectivity index (χ1n) is 14.3. The number of carbonyl (C=O) groups is 1. The maximum Gasteiger partial charge on any atom is 0.330 e. The number of aliphatic hydroxyl groups excluding tert-OH is 1. The number of fused-ring (bicyclic) bond motifs is 1. The molecule has 234 valence electrons. The molecule has 4 rings (SSSR count). The van der Waals surface area contributed by atoms with Gasteiger partial charge in [-0.15, -0.1) is 0 Å². The molecule has 4 heterocycles. The van der Waals surface area contributed by atoms with Gasteiger partial charge in [0.15, 0.2) is 26.1 Å². The minimum Gasteiger partial charge on any atom is -0.415 e. The lowest BCUT2D eigenvalue weighted by Crippen LogP contribution is -2.46. The largest absolute Gasteiger partial charge is 0.415 e. The third-order valence-electron chi connectivity index (χ3n) is 8.62. The normalized spacial score (nSPS) is 24.7. The Morgan fingerprint density at radius 2 is 1.95 bits per heavy atom. The number of imidazole rings is 1. The standard InChI is InChI=1S/C28H45N5O8Si/c1-27(2,3)42(7,8)38-15-18(11-17-12-29-16-30-17)32(6)10-9-20(35)19-13-33(26(37)31-24(19)36)25-23-22(21(14-34)39-25)40-28(4,5)41-23/h12-13,16,18,21-23,25,34H,9-11,14-15H2,1-8H3,(H,29,30)(H,31,36,37). The first kappa shape index (κ1) is 32.5. The quantitative estimate of drug-likeness (QED) is 0.240. The Labute approximate surface area is 246 Å². The van der Waals surface area contributed by atoms with Crippen LogP contribution in [0, 0.1) is 0 Å². The number of rotatable bonds is 12. The summed E-state index contributed by atoms with van der Waals surface area (Å²) in [6, 6.07) is -0.0401. The van der Waals surface area contributed by atoms with E-state index in [4.69, 9.17) is 18.6 Å². The smallest absolute Gasteiger partial charge is 0.330 e. The molecule has 0 bridgehead atoms. The van der Waals surface area contributed by atoms with Gasteiger partial charge in [0.05, 0.1) is 18.5 Å². The highest BCUT2D eigenvalue weighted by Gasteiger charge is 2.56. The van der Waals surface area contributed by atoms with E-state index in [1.807, 2.05) is 7.05 Å². The lowest BCUT2D eigenvalue weighted by Gasteiger charge is -2.38. The monoisotopic (exact) mass is 607 g/mol. The zero-order valence-corrected chi connectivity index (χ0v) is 26.8. The molecule has 0 radical (unpaired) electrons. The van der Waals surface area contributed by atoms with Gasteiger partial charge in [-0.3, -0.25) is 19.1 Å². The summed E-state index contributed by atoms with van der Waals surface area (Å²) in [6.07, 6.45) is 2.29. The maximum absolute atomic E-state index is 13.3. The van der Waals surface area contributed by atoms with Crippen LogP contribution in [0.1, 0.15) is 63.3 Å². The number of ketones is 1. The van der Waals surface area contributed by atoms with Crippen molar-refractivity contribution >= 4 is 14.1 Å². The van der Waals surface area contributed by atoms with Gasteiger partial charge < -0.3 is 33.6 Å². The molecule has 3 N–H and O–H groups in total. The zero-order chi connectivity index (χ0) is 31.0. The van der Waals surface area contributed by atoms with Crippen LogP contribution >= 0.6 is 0 Å². The lowest BCUT2D eigenvalue weighted by molar-refractivity contribution is -0.200. The number of ether oxygens (including phenoxy) is 3. The number of aliphatic hydroxyl groups is 1. The SMILES string of the molecule is CN(CCC(=O)c1cn(C2OC(CO)C3OC(C)(C)OC32)c(=O)[nH]c1=O)C(CO[Si](C)(C)C(C)(C)C)Cc1cnc[nH]1. The predicted molar refractivity (Wildman–Crippen MR) is 157 cm³/mol. The van der Waals surface area contributed by atoms with Crippen LogP contribution in [-0.4, -0.2) is 101 Å². The van der Waals surface area contributed by atoms with Gasteiger partial charge in [0.1, 0.15) is 18.3 Å². The number of Topliss-reactive ketones (excluding diaryl/α,β-unsaturated/α-hetero) is 1. The first-order chi connectivity index (χ1) is 19.5. The fourth-order valence-electron chi connectivity index (χ4n) is 5.01. The van der Waals surface area contributed by atoms with E-state index >= 15 is 0 Å². The zero-order valence-electron chi connectivity index (χ0n) is 25.8. The molecule has 42 heavy (non-hydrogen) atoms. The summed E-state index contributed by atoms with van der Waals surface area (Å²) in [7, 11) is -0.0887. The van der Waals surface area contributed by atoms with Crippen LogP contribution in [0.3, 0.4) is 0 Å². The van der Waals surface area contributed by atoms with Crippen molar-refractivity contribution in [1.29, 1.82) is 0 Å². The fourth-order valence-corrected chi connectivity index (χ4v) is 6.05. The minimum absolute atomic E-state index is 0.0401. The number of hydrogen-bond donors (Lipinski definition) is 3. The van der Waals surface area contributed by atoms with Gasteiger partial charge in [-0.05, 0) is 39.0 Å². The van der Waals surface area contributed by atoms with Crippen molar-refractivity contribution in [1.82, 2.24) is 24.4 Å². The Bertz CT molecular complexity index is 1350. The summed E-state index contributed by atoms with van der Waals surface area (Å²) in [5.74, 6) is -1.36.